The molecule has 126 valence electrons. The zero-order valence-corrected chi connectivity index (χ0v) is 14.4. The molecule has 0 atom stereocenters. The minimum absolute atomic E-state index is 0.0401. The molecule has 0 aliphatic heterocycles. The van der Waals surface area contributed by atoms with E-state index in [1.165, 1.54) is 0 Å². The van der Waals surface area contributed by atoms with E-state index >= 15 is 0 Å². The summed E-state index contributed by atoms with van der Waals surface area (Å²) in [5, 5.41) is 15.7. The zero-order chi connectivity index (χ0) is 16.4. The Kier molecular flexibility index (Phi) is 9.24. The molecular weight excluding hydrogens is 304 g/mol. The van der Waals surface area contributed by atoms with Gasteiger partial charge in [-0.15, -0.1) is 0 Å². The number of halogens is 1. The summed E-state index contributed by atoms with van der Waals surface area (Å²) in [6, 6.07) is 3.86. The lowest BCUT2D eigenvalue weighted by Crippen LogP contribution is -2.28. The molecule has 0 heterocycles. The molecule has 3 N–H and O–H groups in total. The molecule has 1 rings (SSSR count). The summed E-state index contributed by atoms with van der Waals surface area (Å²) in [5.41, 5.74) is 1.05. The Morgan fingerprint density at radius 2 is 1.91 bits per heavy atom. The summed E-state index contributed by atoms with van der Waals surface area (Å²) in [6.07, 6.45) is 0.0401. The standard InChI is InChI=1S/C16H27ClN2O3/c1-4-21-15-10-13(11-19-6-5-18-7-8-20)9-14(17)16(15)22-12(2)3/h9-10,12,18-20H,4-8,11H2,1-3H3. The van der Waals surface area contributed by atoms with Crippen molar-refractivity contribution in [2.75, 3.05) is 32.8 Å². The molecule has 22 heavy (non-hydrogen) atoms. The van der Waals surface area contributed by atoms with Crippen LogP contribution >= 0.6 is 11.6 Å². The van der Waals surface area contributed by atoms with Crippen LogP contribution < -0.4 is 20.1 Å². The fourth-order valence-electron chi connectivity index (χ4n) is 1.95. The maximum Gasteiger partial charge on any atom is 0.180 e. The predicted octanol–water partition coefficient (Wildman–Crippen LogP) is 2.20. The minimum atomic E-state index is 0.0401. The average molecular weight is 331 g/mol. The minimum Gasteiger partial charge on any atom is -0.490 e. The topological polar surface area (TPSA) is 62.8 Å². The number of nitrogens with one attached hydrogen (secondary N) is 2. The van der Waals surface area contributed by atoms with E-state index < -0.39 is 0 Å². The Bertz CT molecular complexity index is 442. The molecule has 5 nitrogen and oxygen atoms in total. The number of rotatable bonds is 11. The molecule has 0 aliphatic rings. The number of hydrogen-bond donors (Lipinski definition) is 3. The van der Waals surface area contributed by atoms with Gasteiger partial charge in [0.2, 0.25) is 0 Å². The fourth-order valence-corrected chi connectivity index (χ4v) is 2.23. The largest absolute Gasteiger partial charge is 0.490 e. The summed E-state index contributed by atoms with van der Waals surface area (Å²) in [5.74, 6) is 1.28. The van der Waals surface area contributed by atoms with Gasteiger partial charge in [0.05, 0.1) is 24.3 Å². The molecule has 0 amide bonds. The first-order valence-corrected chi connectivity index (χ1v) is 8.10. The lowest BCUT2D eigenvalue weighted by molar-refractivity contribution is 0.224. The maximum atomic E-state index is 8.68. The van der Waals surface area contributed by atoms with Crippen LogP contribution in [0.25, 0.3) is 0 Å². The Labute approximate surface area is 138 Å². The van der Waals surface area contributed by atoms with Crippen LogP contribution in [0.3, 0.4) is 0 Å². The van der Waals surface area contributed by atoms with Crippen molar-refractivity contribution in [1.29, 1.82) is 0 Å². The fraction of sp³-hybridized carbons (Fsp3) is 0.625. The Morgan fingerprint density at radius 3 is 2.55 bits per heavy atom. The highest BCUT2D eigenvalue weighted by Gasteiger charge is 2.13. The summed E-state index contributed by atoms with van der Waals surface area (Å²) in [4.78, 5) is 0. The van der Waals surface area contributed by atoms with Gasteiger partial charge < -0.3 is 25.2 Å². The van der Waals surface area contributed by atoms with Crippen molar-refractivity contribution in [2.45, 2.75) is 33.4 Å². The van der Waals surface area contributed by atoms with E-state index in [9.17, 15) is 0 Å². The van der Waals surface area contributed by atoms with Gasteiger partial charge in [0.25, 0.3) is 0 Å². The number of ether oxygens (including phenoxy) is 2. The predicted molar refractivity (Wildman–Crippen MR) is 90.0 cm³/mol. The smallest absolute Gasteiger partial charge is 0.180 e. The summed E-state index contributed by atoms with van der Waals surface area (Å²) < 4.78 is 11.4. The van der Waals surface area contributed by atoms with Gasteiger partial charge in [0.1, 0.15) is 0 Å². The van der Waals surface area contributed by atoms with E-state index in [1.807, 2.05) is 32.9 Å². The van der Waals surface area contributed by atoms with E-state index in [0.29, 0.717) is 36.2 Å². The summed E-state index contributed by atoms with van der Waals surface area (Å²) in [6.45, 7) is 9.50. The van der Waals surface area contributed by atoms with Gasteiger partial charge in [-0.05, 0) is 38.5 Å². The zero-order valence-electron chi connectivity index (χ0n) is 13.6. The molecule has 0 fully saturated rings. The Morgan fingerprint density at radius 1 is 1.18 bits per heavy atom. The Balaban J connectivity index is 2.64. The monoisotopic (exact) mass is 330 g/mol. The van der Waals surface area contributed by atoms with Crippen LogP contribution in [0.4, 0.5) is 0 Å². The molecule has 0 aromatic heterocycles. The van der Waals surface area contributed by atoms with Crippen LogP contribution in [0.2, 0.25) is 5.02 Å². The van der Waals surface area contributed by atoms with Gasteiger partial charge >= 0.3 is 0 Å². The van der Waals surface area contributed by atoms with Crippen molar-refractivity contribution in [2.24, 2.45) is 0 Å². The molecule has 0 saturated carbocycles. The van der Waals surface area contributed by atoms with Crippen LogP contribution in [0.1, 0.15) is 26.3 Å². The SMILES string of the molecule is CCOc1cc(CNCCNCCO)cc(Cl)c1OC(C)C. The van der Waals surface area contributed by atoms with Crippen LogP contribution in [0, 0.1) is 0 Å². The highest BCUT2D eigenvalue weighted by molar-refractivity contribution is 6.32. The van der Waals surface area contributed by atoms with E-state index in [4.69, 9.17) is 26.2 Å². The second kappa shape index (κ2) is 10.7. The third-order valence-electron chi connectivity index (χ3n) is 2.82. The van der Waals surface area contributed by atoms with Gasteiger partial charge in [0.15, 0.2) is 11.5 Å². The molecule has 0 radical (unpaired) electrons. The van der Waals surface area contributed by atoms with Gasteiger partial charge in [-0.2, -0.15) is 0 Å². The molecule has 6 heteroatoms. The highest BCUT2D eigenvalue weighted by atomic mass is 35.5. The van der Waals surface area contributed by atoms with Gasteiger partial charge in [-0.3, -0.25) is 0 Å². The van der Waals surface area contributed by atoms with Crippen LogP contribution in [-0.4, -0.2) is 44.1 Å². The molecule has 0 spiro atoms. The number of aliphatic hydroxyl groups excluding tert-OH is 1. The second-order valence-corrected chi connectivity index (χ2v) is 5.56. The van der Waals surface area contributed by atoms with E-state index in [0.717, 1.165) is 18.7 Å². The van der Waals surface area contributed by atoms with Crippen molar-refractivity contribution in [3.8, 4) is 11.5 Å². The van der Waals surface area contributed by atoms with E-state index in [-0.39, 0.29) is 12.7 Å². The van der Waals surface area contributed by atoms with Gasteiger partial charge in [-0.25, -0.2) is 0 Å². The quantitative estimate of drug-likeness (QED) is 0.543. The molecule has 0 aliphatic carbocycles. The van der Waals surface area contributed by atoms with Crippen molar-refractivity contribution < 1.29 is 14.6 Å². The van der Waals surface area contributed by atoms with Crippen LogP contribution in [-0.2, 0) is 6.54 Å². The highest BCUT2D eigenvalue weighted by Crippen LogP contribution is 2.37. The molecule has 0 saturated heterocycles. The van der Waals surface area contributed by atoms with Crippen LogP contribution in [0.5, 0.6) is 11.5 Å². The number of benzene rings is 1. The first kappa shape index (κ1) is 19.0. The van der Waals surface area contributed by atoms with Gasteiger partial charge in [0, 0.05) is 26.2 Å². The third kappa shape index (κ3) is 6.83. The molecular formula is C16H27ClN2O3. The summed E-state index contributed by atoms with van der Waals surface area (Å²) in [7, 11) is 0. The van der Waals surface area contributed by atoms with Crippen molar-refractivity contribution in [1.82, 2.24) is 10.6 Å². The van der Waals surface area contributed by atoms with Crippen molar-refractivity contribution >= 4 is 11.6 Å². The Hall–Kier alpha value is -1.01. The van der Waals surface area contributed by atoms with E-state index in [2.05, 4.69) is 10.6 Å². The second-order valence-electron chi connectivity index (χ2n) is 5.15. The lowest BCUT2D eigenvalue weighted by Gasteiger charge is -2.17. The van der Waals surface area contributed by atoms with Crippen molar-refractivity contribution in [3.05, 3.63) is 22.7 Å². The molecule has 0 bridgehead atoms. The normalized spacial score (nSPS) is 11.0. The van der Waals surface area contributed by atoms with E-state index in [1.54, 1.807) is 0 Å². The summed E-state index contributed by atoms with van der Waals surface area (Å²) >= 11 is 6.32. The van der Waals surface area contributed by atoms with Crippen LogP contribution in [0.15, 0.2) is 12.1 Å². The lowest BCUT2D eigenvalue weighted by atomic mass is 10.2. The first-order chi connectivity index (χ1) is 10.6. The molecule has 0 unspecified atom stereocenters. The third-order valence-corrected chi connectivity index (χ3v) is 3.10. The average Bonchev–Trinajstić information content (AvgIpc) is 2.46. The number of hydrogen-bond acceptors (Lipinski definition) is 5. The maximum absolute atomic E-state index is 8.68. The molecule has 1 aromatic carbocycles. The van der Waals surface area contributed by atoms with Crippen molar-refractivity contribution in [3.63, 3.8) is 0 Å². The first-order valence-electron chi connectivity index (χ1n) is 7.72. The number of aliphatic hydroxyl groups is 1. The van der Waals surface area contributed by atoms with Gasteiger partial charge in [-0.1, -0.05) is 11.6 Å². The molecule has 1 aromatic rings.